The van der Waals surface area contributed by atoms with Crippen LogP contribution in [0.25, 0.3) is 33.7 Å². The molecule has 5 rings (SSSR count). The summed E-state index contributed by atoms with van der Waals surface area (Å²) in [7, 11) is -3.76. The van der Waals surface area contributed by atoms with E-state index in [-0.39, 0.29) is 10.5 Å². The van der Waals surface area contributed by atoms with Crippen LogP contribution in [0, 0.1) is 0 Å². The third kappa shape index (κ3) is 3.65. The second kappa shape index (κ2) is 7.23. The molecule has 0 fully saturated rings. The van der Waals surface area contributed by atoms with Gasteiger partial charge in [0, 0.05) is 29.6 Å². The number of furan rings is 1. The smallest absolute Gasteiger partial charge is 0.291 e. The quantitative estimate of drug-likeness (QED) is 0.439. The highest BCUT2D eigenvalue weighted by Crippen LogP contribution is 2.24. The average Bonchev–Trinajstić information content (AvgIpc) is 3.46. The van der Waals surface area contributed by atoms with Gasteiger partial charge >= 0.3 is 0 Å². The number of hydrogen-bond acceptors (Lipinski definition) is 8. The second-order valence-corrected chi connectivity index (χ2v) is 9.13. The molecule has 2 N–H and O–H groups in total. The fourth-order valence-corrected chi connectivity index (χ4v) is 4.38. The zero-order valence-electron chi connectivity index (χ0n) is 15.7. The number of rotatable bonds is 4. The van der Waals surface area contributed by atoms with E-state index in [2.05, 4.69) is 15.1 Å². The van der Waals surface area contributed by atoms with Gasteiger partial charge in [-0.25, -0.2) is 13.6 Å². The first-order valence-corrected chi connectivity index (χ1v) is 11.3. The van der Waals surface area contributed by atoms with Crippen LogP contribution in [0.3, 0.4) is 0 Å². The predicted octanol–water partition coefficient (Wildman–Crippen LogP) is 1.67. The van der Waals surface area contributed by atoms with Crippen molar-refractivity contribution in [3.05, 3.63) is 81.6 Å². The summed E-state index contributed by atoms with van der Waals surface area (Å²) in [6.07, 6.45) is 4.91. The van der Waals surface area contributed by atoms with Gasteiger partial charge in [-0.1, -0.05) is 11.3 Å². The lowest BCUT2D eigenvalue weighted by Crippen LogP contribution is -2.23. The number of nitrogens with two attached hydrogens (primary N) is 1. The first-order valence-electron chi connectivity index (χ1n) is 8.93. The van der Waals surface area contributed by atoms with Crippen LogP contribution in [0.5, 0.6) is 0 Å². The summed E-state index contributed by atoms with van der Waals surface area (Å²) in [5.41, 5.74) is 1.11. The van der Waals surface area contributed by atoms with Gasteiger partial charge in [0.05, 0.1) is 4.90 Å². The van der Waals surface area contributed by atoms with Gasteiger partial charge in [-0.2, -0.15) is 9.50 Å². The van der Waals surface area contributed by atoms with Crippen molar-refractivity contribution >= 4 is 32.4 Å². The van der Waals surface area contributed by atoms with Crippen molar-refractivity contribution in [3.63, 3.8) is 0 Å². The van der Waals surface area contributed by atoms with Crippen molar-refractivity contribution in [3.8, 4) is 22.7 Å². The molecule has 0 saturated carbocycles. The Bertz CT molecular complexity index is 1620. The maximum Gasteiger partial charge on any atom is 0.291 e. The lowest BCUT2D eigenvalue weighted by molar-refractivity contribution is 0.571. The zero-order valence-corrected chi connectivity index (χ0v) is 17.3. The van der Waals surface area contributed by atoms with Crippen LogP contribution in [-0.2, 0) is 10.0 Å². The van der Waals surface area contributed by atoms with Crippen molar-refractivity contribution in [2.75, 3.05) is 0 Å². The number of sulfonamides is 1. The molecule has 0 aliphatic carbocycles. The first kappa shape index (κ1) is 19.3. The van der Waals surface area contributed by atoms with E-state index in [0.717, 1.165) is 5.56 Å². The van der Waals surface area contributed by atoms with Crippen molar-refractivity contribution < 1.29 is 12.8 Å². The maximum atomic E-state index is 12.7. The Kier molecular flexibility index (Phi) is 4.50. The van der Waals surface area contributed by atoms with Crippen LogP contribution in [0.2, 0.25) is 0 Å². The highest BCUT2D eigenvalue weighted by Gasteiger charge is 2.13. The normalized spacial score (nSPS) is 12.6. The highest BCUT2D eigenvalue weighted by molar-refractivity contribution is 7.89. The molecular formula is C20H13N5O4S2. The van der Waals surface area contributed by atoms with Crippen LogP contribution in [0.1, 0.15) is 5.76 Å². The number of thiazole rings is 1. The lowest BCUT2D eigenvalue weighted by Gasteiger charge is -2.00. The van der Waals surface area contributed by atoms with E-state index in [1.54, 1.807) is 48.8 Å². The number of aromatic nitrogens is 4. The van der Waals surface area contributed by atoms with Crippen LogP contribution >= 0.6 is 11.3 Å². The zero-order chi connectivity index (χ0) is 21.6. The molecule has 0 saturated heterocycles. The molecule has 1 aromatic carbocycles. The third-order valence-electron chi connectivity index (χ3n) is 4.47. The van der Waals surface area contributed by atoms with E-state index < -0.39 is 10.0 Å². The predicted molar refractivity (Wildman–Crippen MR) is 115 cm³/mol. The summed E-state index contributed by atoms with van der Waals surface area (Å²) in [4.78, 5) is 21.6. The molecule has 0 unspecified atom stereocenters. The standard InChI is InChI=1S/C20H13N5O4S2/c21-31(27,28)15-6-3-12(4-7-15)16-8-5-14(29-16)10-17-19(26)25-20(30-17)23-18(24-25)13-2-1-9-22-11-13/h1-11H,(H2,21,27,28)/b17-10-. The third-order valence-corrected chi connectivity index (χ3v) is 6.36. The summed E-state index contributed by atoms with van der Waals surface area (Å²) in [5, 5.41) is 9.39. The van der Waals surface area contributed by atoms with E-state index in [0.29, 0.717) is 32.4 Å². The number of primary sulfonamides is 1. The molecule has 0 aliphatic rings. The molecule has 31 heavy (non-hydrogen) atoms. The number of pyridine rings is 1. The Morgan fingerprint density at radius 3 is 2.55 bits per heavy atom. The average molecular weight is 451 g/mol. The lowest BCUT2D eigenvalue weighted by atomic mass is 10.2. The number of hydrogen-bond donors (Lipinski definition) is 1. The van der Waals surface area contributed by atoms with Gasteiger partial charge in [0.2, 0.25) is 15.0 Å². The fourth-order valence-electron chi connectivity index (χ4n) is 2.97. The molecule has 0 radical (unpaired) electrons. The Balaban J connectivity index is 1.47. The minimum absolute atomic E-state index is 0.0191. The molecule has 4 heterocycles. The van der Waals surface area contributed by atoms with Gasteiger partial charge in [0.25, 0.3) is 5.56 Å². The summed E-state index contributed by atoms with van der Waals surface area (Å²) in [6, 6.07) is 13.1. The van der Waals surface area contributed by atoms with Gasteiger partial charge < -0.3 is 4.42 Å². The van der Waals surface area contributed by atoms with Crippen LogP contribution in [0.15, 0.2) is 75.0 Å². The van der Waals surface area contributed by atoms with E-state index in [1.807, 2.05) is 6.07 Å². The van der Waals surface area contributed by atoms with Crippen molar-refractivity contribution in [2.24, 2.45) is 5.14 Å². The molecule has 0 atom stereocenters. The Morgan fingerprint density at radius 1 is 1.06 bits per heavy atom. The van der Waals surface area contributed by atoms with Crippen molar-refractivity contribution in [1.29, 1.82) is 0 Å². The molecule has 0 aliphatic heterocycles. The van der Waals surface area contributed by atoms with Gasteiger partial charge in [-0.15, -0.1) is 5.10 Å². The SMILES string of the molecule is NS(=O)(=O)c1ccc(-c2ccc(/C=c3\sc4nc(-c5cccnc5)nn4c3=O)o2)cc1. The van der Waals surface area contributed by atoms with Gasteiger partial charge in [0.15, 0.2) is 5.82 Å². The van der Waals surface area contributed by atoms with E-state index >= 15 is 0 Å². The Morgan fingerprint density at radius 2 is 1.87 bits per heavy atom. The molecule has 154 valence electrons. The molecule has 11 heteroatoms. The molecule has 4 aromatic heterocycles. The van der Waals surface area contributed by atoms with Crippen LogP contribution in [-0.4, -0.2) is 28.0 Å². The minimum Gasteiger partial charge on any atom is -0.457 e. The molecular weight excluding hydrogens is 438 g/mol. The summed E-state index contributed by atoms with van der Waals surface area (Å²) in [5.74, 6) is 1.43. The van der Waals surface area contributed by atoms with Crippen LogP contribution < -0.4 is 15.2 Å². The van der Waals surface area contributed by atoms with Gasteiger partial charge in [-0.3, -0.25) is 9.78 Å². The fraction of sp³-hybridized carbons (Fsp3) is 0. The highest BCUT2D eigenvalue weighted by atomic mass is 32.2. The monoisotopic (exact) mass is 451 g/mol. The largest absolute Gasteiger partial charge is 0.457 e. The Hall–Kier alpha value is -3.67. The molecule has 9 nitrogen and oxygen atoms in total. The molecule has 5 aromatic rings. The molecule has 0 spiro atoms. The maximum absolute atomic E-state index is 12.7. The molecule has 0 amide bonds. The molecule has 0 bridgehead atoms. The van der Waals surface area contributed by atoms with Crippen LogP contribution in [0.4, 0.5) is 0 Å². The summed E-state index contributed by atoms with van der Waals surface area (Å²) >= 11 is 1.20. The number of benzene rings is 1. The van der Waals surface area contributed by atoms with Crippen molar-refractivity contribution in [1.82, 2.24) is 19.6 Å². The van der Waals surface area contributed by atoms with Gasteiger partial charge in [-0.05, 0) is 48.5 Å². The first-order chi connectivity index (χ1) is 14.9. The van der Waals surface area contributed by atoms with Crippen molar-refractivity contribution in [2.45, 2.75) is 4.90 Å². The van der Waals surface area contributed by atoms with E-state index in [9.17, 15) is 13.2 Å². The minimum atomic E-state index is -3.76. The van der Waals surface area contributed by atoms with E-state index in [4.69, 9.17) is 9.56 Å². The summed E-state index contributed by atoms with van der Waals surface area (Å²) in [6.45, 7) is 0. The Labute approximate surface area is 179 Å². The topological polar surface area (TPSA) is 133 Å². The second-order valence-electron chi connectivity index (χ2n) is 6.56. The van der Waals surface area contributed by atoms with Gasteiger partial charge in [0.1, 0.15) is 16.1 Å². The van der Waals surface area contributed by atoms with E-state index in [1.165, 1.54) is 28.0 Å². The number of nitrogens with zero attached hydrogens (tertiary/aromatic N) is 4. The summed E-state index contributed by atoms with van der Waals surface area (Å²) < 4.78 is 30.2. The number of fused-ring (bicyclic) bond motifs is 1.